The minimum Gasteiger partial charge on any atom is -0.382 e. The maximum absolute atomic E-state index is 13.8. The third kappa shape index (κ3) is 4.48. The third-order valence-corrected chi connectivity index (χ3v) is 7.06. The molecule has 7 nitrogen and oxygen atoms in total. The summed E-state index contributed by atoms with van der Waals surface area (Å²) in [5.41, 5.74) is 9.96. The largest absolute Gasteiger partial charge is 0.382 e. The summed E-state index contributed by atoms with van der Waals surface area (Å²) in [5.74, 6) is 0.655. The number of sulfonamides is 1. The predicted octanol–water partition coefficient (Wildman–Crippen LogP) is 4.64. The van der Waals surface area contributed by atoms with Crippen molar-refractivity contribution < 1.29 is 12.8 Å². The van der Waals surface area contributed by atoms with Gasteiger partial charge < -0.3 is 10.3 Å². The van der Waals surface area contributed by atoms with Gasteiger partial charge in [-0.1, -0.05) is 48.5 Å². The van der Waals surface area contributed by atoms with Gasteiger partial charge in [0.15, 0.2) is 5.82 Å². The number of aryl methyl sites for hydroxylation is 2. The molecule has 0 bridgehead atoms. The van der Waals surface area contributed by atoms with E-state index < -0.39 is 15.8 Å². The molecule has 0 fully saturated rings. The molecular weight excluding hydrogens is 465 g/mol. The lowest BCUT2D eigenvalue weighted by atomic mass is 10.1. The van der Waals surface area contributed by atoms with Gasteiger partial charge in [-0.05, 0) is 49.1 Å². The van der Waals surface area contributed by atoms with E-state index in [-0.39, 0.29) is 4.90 Å². The Kier molecular flexibility index (Phi) is 5.96. The molecule has 4 N–H and O–H groups in total. The quantitative estimate of drug-likeness (QED) is 0.323. The fraction of sp³-hybridized carbons (Fsp3) is 0.154. The van der Waals surface area contributed by atoms with Crippen LogP contribution < -0.4 is 10.9 Å². The molecule has 5 rings (SSSR count). The molecule has 2 aromatic heterocycles. The number of imidazole rings is 1. The molecule has 0 saturated carbocycles. The van der Waals surface area contributed by atoms with Gasteiger partial charge in [0.05, 0.1) is 15.9 Å². The zero-order chi connectivity index (χ0) is 24.6. The van der Waals surface area contributed by atoms with Crippen LogP contribution in [-0.2, 0) is 23.0 Å². The Labute approximate surface area is 202 Å². The number of nitrogen functional groups attached to an aromatic ring is 1. The number of anilines is 1. The molecule has 35 heavy (non-hydrogen) atoms. The number of hydrogen-bond donors (Lipinski definition) is 2. The first-order valence-electron chi connectivity index (χ1n) is 11.2. The summed E-state index contributed by atoms with van der Waals surface area (Å²) >= 11 is 0. The summed E-state index contributed by atoms with van der Waals surface area (Å²) in [6, 6.07) is 21.2. The summed E-state index contributed by atoms with van der Waals surface area (Å²) in [6.45, 7) is 0.605. The van der Waals surface area contributed by atoms with Crippen LogP contribution >= 0.6 is 0 Å². The molecule has 0 amide bonds. The molecule has 3 aromatic carbocycles. The van der Waals surface area contributed by atoms with Crippen LogP contribution in [0.2, 0.25) is 0 Å². The lowest BCUT2D eigenvalue weighted by molar-refractivity contribution is 0.589. The van der Waals surface area contributed by atoms with Crippen LogP contribution in [0.1, 0.15) is 18.4 Å². The summed E-state index contributed by atoms with van der Waals surface area (Å²) in [6.07, 6.45) is 1.70. The second kappa shape index (κ2) is 9.09. The van der Waals surface area contributed by atoms with Gasteiger partial charge in [-0.15, -0.1) is 0 Å². The van der Waals surface area contributed by atoms with Gasteiger partial charge >= 0.3 is 0 Å². The van der Waals surface area contributed by atoms with Crippen molar-refractivity contribution in [2.45, 2.75) is 30.7 Å². The number of rotatable bonds is 7. The second-order valence-corrected chi connectivity index (χ2v) is 9.95. The first-order chi connectivity index (χ1) is 16.8. The molecule has 0 spiro atoms. The predicted molar refractivity (Wildman–Crippen MR) is 136 cm³/mol. The Balaban J connectivity index is 1.51. The van der Waals surface area contributed by atoms with Gasteiger partial charge in [0.25, 0.3) is 0 Å². The van der Waals surface area contributed by atoms with Crippen LogP contribution in [0.3, 0.4) is 0 Å². The van der Waals surface area contributed by atoms with Gasteiger partial charge in [0.1, 0.15) is 17.2 Å². The van der Waals surface area contributed by atoms with E-state index in [1.807, 2.05) is 54.6 Å². The number of fused-ring (bicyclic) bond motifs is 3. The number of pyridine rings is 1. The Morgan fingerprint density at radius 3 is 2.43 bits per heavy atom. The van der Waals surface area contributed by atoms with Crippen molar-refractivity contribution in [1.82, 2.24) is 14.5 Å². The van der Waals surface area contributed by atoms with E-state index in [9.17, 15) is 12.8 Å². The van der Waals surface area contributed by atoms with Gasteiger partial charge in [0.2, 0.25) is 10.0 Å². The lowest BCUT2D eigenvalue weighted by Gasteiger charge is -2.12. The van der Waals surface area contributed by atoms with E-state index in [0.717, 1.165) is 33.9 Å². The Hall–Kier alpha value is -3.82. The molecule has 0 saturated heterocycles. The van der Waals surface area contributed by atoms with Gasteiger partial charge in [-0.2, -0.15) is 0 Å². The first-order valence-corrected chi connectivity index (χ1v) is 12.8. The highest BCUT2D eigenvalue weighted by molar-refractivity contribution is 7.89. The van der Waals surface area contributed by atoms with Crippen LogP contribution in [-0.4, -0.2) is 23.0 Å². The van der Waals surface area contributed by atoms with Crippen molar-refractivity contribution in [3.63, 3.8) is 0 Å². The van der Waals surface area contributed by atoms with Crippen molar-refractivity contribution >= 4 is 37.8 Å². The topological polar surface area (TPSA) is 117 Å². The van der Waals surface area contributed by atoms with Crippen LogP contribution in [0.15, 0.2) is 77.7 Å². The standard InChI is InChI=1S/C26H24FN5O2S/c27-19-13-14-22(35(29,33)34)18(16-19)10-6-7-15-32-24-20-11-4-5-12-21(20)30-25(28)23(24)31-26(32)17-8-2-1-3-9-17/h1-5,8-9,11-14,16H,6-7,10,15H2,(H2,28,30)(H2,29,33,34). The number of aromatic nitrogens is 3. The molecule has 0 unspecified atom stereocenters. The maximum Gasteiger partial charge on any atom is 0.238 e. The van der Waals surface area contributed by atoms with Gasteiger partial charge in [-0.3, -0.25) is 0 Å². The summed E-state index contributed by atoms with van der Waals surface area (Å²) in [5, 5.41) is 6.27. The fourth-order valence-electron chi connectivity index (χ4n) is 4.49. The van der Waals surface area contributed by atoms with E-state index in [1.54, 1.807) is 0 Å². The molecule has 2 heterocycles. The zero-order valence-corrected chi connectivity index (χ0v) is 19.7. The number of nitrogens with zero attached hydrogens (tertiary/aromatic N) is 3. The number of halogens is 1. The Morgan fingerprint density at radius 1 is 0.914 bits per heavy atom. The average molecular weight is 490 g/mol. The minimum atomic E-state index is -3.93. The monoisotopic (exact) mass is 489 g/mol. The molecule has 0 aliphatic carbocycles. The van der Waals surface area contributed by atoms with Crippen LogP contribution in [0, 0.1) is 5.82 Å². The molecular formula is C26H24FN5O2S. The summed E-state index contributed by atoms with van der Waals surface area (Å²) in [4.78, 5) is 9.34. The minimum absolute atomic E-state index is 0.0400. The SMILES string of the molecule is Nc1nc2ccccc2c2c1nc(-c1ccccc1)n2CCCCc1cc(F)ccc1S(N)(=O)=O. The maximum atomic E-state index is 13.8. The molecule has 0 aliphatic rings. The normalized spacial score (nSPS) is 11.9. The molecule has 0 aliphatic heterocycles. The first kappa shape index (κ1) is 22.9. The summed E-state index contributed by atoms with van der Waals surface area (Å²) in [7, 11) is -3.93. The highest BCUT2D eigenvalue weighted by Crippen LogP contribution is 2.33. The Morgan fingerprint density at radius 2 is 1.66 bits per heavy atom. The molecule has 5 aromatic rings. The van der Waals surface area contributed by atoms with E-state index in [4.69, 9.17) is 15.9 Å². The smallest absolute Gasteiger partial charge is 0.238 e. The highest BCUT2D eigenvalue weighted by Gasteiger charge is 2.19. The van der Waals surface area contributed by atoms with E-state index in [0.29, 0.717) is 42.7 Å². The number of para-hydroxylation sites is 1. The second-order valence-electron chi connectivity index (χ2n) is 8.42. The van der Waals surface area contributed by atoms with E-state index in [1.165, 1.54) is 12.1 Å². The van der Waals surface area contributed by atoms with Gasteiger partial charge in [-0.25, -0.2) is 27.9 Å². The van der Waals surface area contributed by atoms with Crippen molar-refractivity contribution in [2.75, 3.05) is 5.73 Å². The molecule has 9 heteroatoms. The van der Waals surface area contributed by atoms with Crippen LogP contribution in [0.4, 0.5) is 10.2 Å². The number of benzene rings is 3. The molecule has 178 valence electrons. The highest BCUT2D eigenvalue weighted by atomic mass is 32.2. The average Bonchev–Trinajstić information content (AvgIpc) is 3.22. The van der Waals surface area contributed by atoms with E-state index in [2.05, 4.69) is 9.55 Å². The molecule has 0 radical (unpaired) electrons. The number of nitrogens with two attached hydrogens (primary N) is 2. The van der Waals surface area contributed by atoms with Crippen molar-refractivity contribution in [2.24, 2.45) is 5.14 Å². The lowest BCUT2D eigenvalue weighted by Crippen LogP contribution is -2.15. The number of primary sulfonamides is 1. The summed E-state index contributed by atoms with van der Waals surface area (Å²) < 4.78 is 39.8. The zero-order valence-electron chi connectivity index (χ0n) is 18.9. The fourth-order valence-corrected chi connectivity index (χ4v) is 5.27. The van der Waals surface area contributed by atoms with Crippen molar-refractivity contribution in [3.8, 4) is 11.4 Å². The molecule has 0 atom stereocenters. The van der Waals surface area contributed by atoms with Gasteiger partial charge in [0, 0.05) is 17.5 Å². The van der Waals surface area contributed by atoms with Crippen molar-refractivity contribution in [1.29, 1.82) is 0 Å². The van der Waals surface area contributed by atoms with Crippen molar-refractivity contribution in [3.05, 3.63) is 84.2 Å². The number of unbranched alkanes of at least 4 members (excludes halogenated alkanes) is 1. The van der Waals surface area contributed by atoms with Crippen LogP contribution in [0.5, 0.6) is 0 Å². The van der Waals surface area contributed by atoms with Crippen LogP contribution in [0.25, 0.3) is 33.3 Å². The van der Waals surface area contributed by atoms with E-state index >= 15 is 0 Å². The third-order valence-electron chi connectivity index (χ3n) is 6.05. The Bertz CT molecular complexity index is 1650. The number of hydrogen-bond acceptors (Lipinski definition) is 5.